The maximum absolute atomic E-state index is 10.9. The number of aromatic carboxylic acids is 1. The third kappa shape index (κ3) is 2.24. The van der Waals surface area contributed by atoms with E-state index < -0.39 is 5.97 Å². The number of carbonyl (C=O) groups is 1. The molecule has 0 atom stereocenters. The van der Waals surface area contributed by atoms with Crippen LogP contribution in [0.1, 0.15) is 10.5 Å². The van der Waals surface area contributed by atoms with Gasteiger partial charge < -0.3 is 5.11 Å². The van der Waals surface area contributed by atoms with E-state index in [9.17, 15) is 4.79 Å². The van der Waals surface area contributed by atoms with Crippen molar-refractivity contribution in [3.05, 3.63) is 54.2 Å². The molecule has 0 spiro atoms. The Morgan fingerprint density at radius 3 is 2.60 bits per heavy atom. The minimum atomic E-state index is -1.10. The van der Waals surface area contributed by atoms with Gasteiger partial charge in [0.2, 0.25) is 5.82 Å². The molecule has 7 heteroatoms. The molecule has 0 aliphatic rings. The normalized spacial score (nSPS) is 10.4. The van der Waals surface area contributed by atoms with Crippen LogP contribution in [0.5, 0.6) is 0 Å². The fraction of sp³-hybridized carbons (Fsp3) is 0. The van der Waals surface area contributed by atoms with Crippen molar-refractivity contribution in [2.24, 2.45) is 0 Å². The van der Waals surface area contributed by atoms with Crippen LogP contribution in [0.3, 0.4) is 0 Å². The van der Waals surface area contributed by atoms with E-state index in [4.69, 9.17) is 5.11 Å². The molecule has 0 saturated carbocycles. The lowest BCUT2D eigenvalue weighted by atomic mass is 10.2. The zero-order chi connectivity index (χ0) is 13.9. The molecule has 7 nitrogen and oxygen atoms in total. The summed E-state index contributed by atoms with van der Waals surface area (Å²) in [6.07, 6.45) is 0. The Kier molecular flexibility index (Phi) is 2.92. The molecule has 3 rings (SSSR count). The second-order valence-corrected chi connectivity index (χ2v) is 3.95. The second-order valence-electron chi connectivity index (χ2n) is 3.95. The summed E-state index contributed by atoms with van der Waals surface area (Å²) in [4.78, 5) is 16.0. The van der Waals surface area contributed by atoms with Crippen LogP contribution in [0.15, 0.2) is 48.5 Å². The number of carboxylic acid groups (broad SMARTS) is 1. The zero-order valence-electron chi connectivity index (χ0n) is 10.2. The first-order valence-electron chi connectivity index (χ1n) is 5.80. The lowest BCUT2D eigenvalue weighted by Gasteiger charge is -1.98. The third-order valence-electron chi connectivity index (χ3n) is 2.60. The predicted molar refractivity (Wildman–Crippen MR) is 69.3 cm³/mol. The van der Waals surface area contributed by atoms with Crippen molar-refractivity contribution >= 4 is 5.97 Å². The van der Waals surface area contributed by atoms with Crippen LogP contribution in [-0.4, -0.2) is 36.3 Å². The van der Waals surface area contributed by atoms with Crippen LogP contribution in [-0.2, 0) is 0 Å². The van der Waals surface area contributed by atoms with E-state index in [1.807, 2.05) is 30.3 Å². The minimum absolute atomic E-state index is 0.0685. The summed E-state index contributed by atoms with van der Waals surface area (Å²) >= 11 is 0. The monoisotopic (exact) mass is 267 g/mol. The molecular formula is C13H9N5O2. The Balaban J connectivity index is 1.98. The highest BCUT2D eigenvalue weighted by Crippen LogP contribution is 2.13. The van der Waals surface area contributed by atoms with Crippen molar-refractivity contribution in [1.29, 1.82) is 0 Å². The van der Waals surface area contributed by atoms with Gasteiger partial charge >= 0.3 is 5.97 Å². The van der Waals surface area contributed by atoms with Crippen LogP contribution < -0.4 is 0 Å². The number of hydrogen-bond donors (Lipinski definition) is 1. The fourth-order valence-electron chi connectivity index (χ4n) is 1.67. The van der Waals surface area contributed by atoms with Gasteiger partial charge in [-0.15, -0.1) is 15.0 Å². The highest BCUT2D eigenvalue weighted by molar-refractivity contribution is 5.85. The first kappa shape index (κ1) is 12.0. The number of carboxylic acids is 1. The molecule has 0 saturated heterocycles. The summed E-state index contributed by atoms with van der Waals surface area (Å²) in [5.74, 6) is -0.344. The molecule has 2 aromatic heterocycles. The smallest absolute Gasteiger partial charge is 0.354 e. The molecule has 1 N–H and O–H groups in total. The molecule has 0 bridgehead atoms. The summed E-state index contributed by atoms with van der Waals surface area (Å²) in [7, 11) is 0. The van der Waals surface area contributed by atoms with Crippen LogP contribution >= 0.6 is 0 Å². The molecule has 0 aliphatic heterocycles. The van der Waals surface area contributed by atoms with Crippen molar-refractivity contribution in [1.82, 2.24) is 25.2 Å². The van der Waals surface area contributed by atoms with E-state index in [-0.39, 0.29) is 5.69 Å². The first-order chi connectivity index (χ1) is 9.74. The number of tetrazole rings is 1. The van der Waals surface area contributed by atoms with Crippen LogP contribution in [0.4, 0.5) is 0 Å². The van der Waals surface area contributed by atoms with E-state index in [1.165, 1.54) is 10.9 Å². The van der Waals surface area contributed by atoms with Crippen LogP contribution in [0.25, 0.3) is 17.2 Å². The van der Waals surface area contributed by atoms with Gasteiger partial charge in [-0.25, -0.2) is 9.78 Å². The van der Waals surface area contributed by atoms with E-state index in [0.29, 0.717) is 11.6 Å². The van der Waals surface area contributed by atoms with Crippen LogP contribution in [0, 0.1) is 0 Å². The number of rotatable bonds is 3. The van der Waals surface area contributed by atoms with Gasteiger partial charge in [-0.3, -0.25) is 0 Å². The molecule has 0 amide bonds. The van der Waals surface area contributed by atoms with Crippen molar-refractivity contribution in [2.45, 2.75) is 0 Å². The van der Waals surface area contributed by atoms with Gasteiger partial charge in [0.25, 0.3) is 0 Å². The van der Waals surface area contributed by atoms with Crippen molar-refractivity contribution in [3.63, 3.8) is 0 Å². The predicted octanol–water partition coefficient (Wildman–Crippen LogP) is 1.42. The van der Waals surface area contributed by atoms with Gasteiger partial charge in [-0.1, -0.05) is 36.4 Å². The fourth-order valence-corrected chi connectivity index (χ4v) is 1.67. The van der Waals surface area contributed by atoms with Gasteiger partial charge in [0.1, 0.15) is 0 Å². The summed E-state index contributed by atoms with van der Waals surface area (Å²) < 4.78 is 0. The topological polar surface area (TPSA) is 93.8 Å². The molecule has 0 unspecified atom stereocenters. The summed E-state index contributed by atoms with van der Waals surface area (Å²) in [5.41, 5.74) is 0.759. The molecule has 98 valence electrons. The lowest BCUT2D eigenvalue weighted by molar-refractivity contribution is 0.0690. The number of pyridine rings is 1. The van der Waals surface area contributed by atoms with Gasteiger partial charge in [-0.05, 0) is 17.3 Å². The maximum atomic E-state index is 10.9. The summed E-state index contributed by atoms with van der Waals surface area (Å²) in [5, 5.41) is 20.9. The Hall–Kier alpha value is -3.09. The summed E-state index contributed by atoms with van der Waals surface area (Å²) in [6.45, 7) is 0. The number of benzene rings is 1. The Bertz CT molecular complexity index is 754. The van der Waals surface area contributed by atoms with Crippen molar-refractivity contribution in [3.8, 4) is 17.2 Å². The quantitative estimate of drug-likeness (QED) is 0.771. The van der Waals surface area contributed by atoms with E-state index in [2.05, 4.69) is 20.4 Å². The average molecular weight is 267 g/mol. The maximum Gasteiger partial charge on any atom is 0.354 e. The van der Waals surface area contributed by atoms with Crippen molar-refractivity contribution in [2.75, 3.05) is 0 Å². The van der Waals surface area contributed by atoms with E-state index in [0.717, 1.165) is 5.56 Å². The number of hydrogen-bond acceptors (Lipinski definition) is 5. The molecule has 1 aromatic carbocycles. The SMILES string of the molecule is O=C(O)c1cccc(-n2nnc(-c3ccccc3)n2)n1. The zero-order valence-corrected chi connectivity index (χ0v) is 10.2. The molecule has 3 aromatic rings. The molecular weight excluding hydrogens is 258 g/mol. The molecule has 0 aliphatic carbocycles. The summed E-state index contributed by atoms with van der Waals surface area (Å²) in [6, 6.07) is 14.0. The minimum Gasteiger partial charge on any atom is -0.477 e. The van der Waals surface area contributed by atoms with Crippen molar-refractivity contribution < 1.29 is 9.90 Å². The third-order valence-corrected chi connectivity index (χ3v) is 2.60. The lowest BCUT2D eigenvalue weighted by Crippen LogP contribution is -2.07. The Labute approximate surface area is 113 Å². The first-order valence-corrected chi connectivity index (χ1v) is 5.80. The van der Waals surface area contributed by atoms with Gasteiger partial charge in [-0.2, -0.15) is 0 Å². The van der Waals surface area contributed by atoms with Gasteiger partial charge in [0.15, 0.2) is 11.5 Å². The van der Waals surface area contributed by atoms with E-state index in [1.54, 1.807) is 12.1 Å². The molecule has 2 heterocycles. The highest BCUT2D eigenvalue weighted by atomic mass is 16.4. The molecule has 0 fully saturated rings. The van der Waals surface area contributed by atoms with Crippen LogP contribution in [0.2, 0.25) is 0 Å². The standard InChI is InChI=1S/C13H9N5O2/c19-13(20)10-7-4-8-11(14-10)18-16-12(15-17-18)9-5-2-1-3-6-9/h1-8H,(H,19,20). The second kappa shape index (κ2) is 4.88. The highest BCUT2D eigenvalue weighted by Gasteiger charge is 2.10. The van der Waals surface area contributed by atoms with E-state index >= 15 is 0 Å². The van der Waals surface area contributed by atoms with Gasteiger partial charge in [0, 0.05) is 5.56 Å². The Morgan fingerprint density at radius 2 is 1.85 bits per heavy atom. The number of nitrogens with zero attached hydrogens (tertiary/aromatic N) is 5. The molecule has 20 heavy (non-hydrogen) atoms. The average Bonchev–Trinajstić information content (AvgIpc) is 2.98. The van der Waals surface area contributed by atoms with Gasteiger partial charge in [0.05, 0.1) is 0 Å². The Morgan fingerprint density at radius 1 is 1.05 bits per heavy atom. The largest absolute Gasteiger partial charge is 0.477 e. The number of aromatic nitrogens is 5. The molecule has 0 radical (unpaired) electrons.